The lowest BCUT2D eigenvalue weighted by molar-refractivity contribution is 0.168. The van der Waals surface area contributed by atoms with Crippen molar-refractivity contribution in [1.82, 2.24) is 4.90 Å². The van der Waals surface area contributed by atoms with E-state index in [4.69, 9.17) is 0 Å². The number of aliphatic hydroxyl groups is 1. The number of hydrogen-bond acceptors (Lipinski definition) is 3. The minimum Gasteiger partial charge on any atom is -0.396 e. The molecule has 1 aliphatic heterocycles. The molecule has 3 heteroatoms. The van der Waals surface area contributed by atoms with E-state index < -0.39 is 0 Å². The Bertz CT molecular complexity index is 861. The van der Waals surface area contributed by atoms with Crippen LogP contribution in [-0.2, 0) is 0 Å². The van der Waals surface area contributed by atoms with Gasteiger partial charge in [0.2, 0.25) is 0 Å². The minimum absolute atomic E-state index is 0.287. The Hall–Kier alpha value is -2.20. The van der Waals surface area contributed by atoms with Crippen molar-refractivity contribution in [2.75, 3.05) is 19.7 Å². The lowest BCUT2D eigenvalue weighted by Crippen LogP contribution is -2.35. The molecule has 1 atom stereocenters. The molecule has 0 saturated carbocycles. The first-order valence-corrected chi connectivity index (χ1v) is 11.5. The summed E-state index contributed by atoms with van der Waals surface area (Å²) in [6.45, 7) is 2.42. The Balaban J connectivity index is 1.71. The average molecular weight is 404 g/mol. The highest BCUT2D eigenvalue weighted by Gasteiger charge is 2.28. The highest BCUT2D eigenvalue weighted by Crippen LogP contribution is 2.41. The molecule has 2 heterocycles. The van der Waals surface area contributed by atoms with Gasteiger partial charge in [0.1, 0.15) is 0 Å². The van der Waals surface area contributed by atoms with Crippen LogP contribution in [0.4, 0.5) is 0 Å². The first kappa shape index (κ1) is 20.1. The molecule has 4 rings (SSSR count). The predicted molar refractivity (Wildman–Crippen MR) is 123 cm³/mol. The zero-order chi connectivity index (χ0) is 19.9. The SMILES string of the molecule is OCCCCN1CCC(=C(c2ccccc2)c2ccccc2)CC1c1cccs1. The molecule has 29 heavy (non-hydrogen) atoms. The van der Waals surface area contributed by atoms with Crippen LogP contribution in [0.5, 0.6) is 0 Å². The maximum Gasteiger partial charge on any atom is 0.0479 e. The van der Waals surface area contributed by atoms with Crippen molar-refractivity contribution in [1.29, 1.82) is 0 Å². The fraction of sp³-hybridized carbons (Fsp3) is 0.308. The van der Waals surface area contributed by atoms with E-state index in [0.29, 0.717) is 6.04 Å². The molecular weight excluding hydrogens is 374 g/mol. The van der Waals surface area contributed by atoms with E-state index in [1.54, 1.807) is 5.57 Å². The van der Waals surface area contributed by atoms with Crippen LogP contribution in [0.15, 0.2) is 83.7 Å². The highest BCUT2D eigenvalue weighted by molar-refractivity contribution is 7.10. The molecule has 1 saturated heterocycles. The topological polar surface area (TPSA) is 23.5 Å². The number of piperidine rings is 1. The van der Waals surface area contributed by atoms with Gasteiger partial charge in [0, 0.05) is 24.1 Å². The zero-order valence-corrected chi connectivity index (χ0v) is 17.7. The molecule has 0 radical (unpaired) electrons. The Morgan fingerprint density at radius 3 is 2.17 bits per heavy atom. The van der Waals surface area contributed by atoms with Gasteiger partial charge in [-0.25, -0.2) is 0 Å². The Labute approximate surface area is 178 Å². The number of benzene rings is 2. The summed E-state index contributed by atoms with van der Waals surface area (Å²) in [5, 5.41) is 11.4. The first-order chi connectivity index (χ1) is 14.4. The summed E-state index contributed by atoms with van der Waals surface area (Å²) in [5.74, 6) is 0. The molecular formula is C26H29NOS. The molecule has 1 aliphatic rings. The van der Waals surface area contributed by atoms with Crippen LogP contribution in [0.3, 0.4) is 0 Å². The zero-order valence-electron chi connectivity index (χ0n) is 16.8. The first-order valence-electron chi connectivity index (χ1n) is 10.6. The van der Waals surface area contributed by atoms with Gasteiger partial charge < -0.3 is 5.11 Å². The number of likely N-dealkylation sites (tertiary alicyclic amines) is 1. The van der Waals surface area contributed by atoms with Gasteiger partial charge in [0.25, 0.3) is 0 Å². The van der Waals surface area contributed by atoms with Crippen molar-refractivity contribution in [2.24, 2.45) is 0 Å². The normalized spacial score (nSPS) is 17.4. The average Bonchev–Trinajstić information content (AvgIpc) is 3.31. The standard InChI is InChI=1S/C26H29NOS/c28-18-8-7-16-27-17-15-23(20-24(27)25-14-9-19-29-25)26(21-10-3-1-4-11-21)22-12-5-2-6-13-22/h1-6,9-14,19,24,28H,7-8,15-18,20H2. The smallest absolute Gasteiger partial charge is 0.0479 e. The Kier molecular flexibility index (Phi) is 6.94. The van der Waals surface area contributed by atoms with Crippen LogP contribution in [0.2, 0.25) is 0 Å². The minimum atomic E-state index is 0.287. The number of unbranched alkanes of at least 4 members (excludes halogenated alkanes) is 1. The molecule has 0 aliphatic carbocycles. The monoisotopic (exact) mass is 403 g/mol. The molecule has 150 valence electrons. The molecule has 2 aromatic carbocycles. The van der Waals surface area contributed by atoms with Crippen molar-refractivity contribution < 1.29 is 5.11 Å². The van der Waals surface area contributed by atoms with Crippen molar-refractivity contribution in [2.45, 2.75) is 31.7 Å². The van der Waals surface area contributed by atoms with Gasteiger partial charge in [0.15, 0.2) is 0 Å². The van der Waals surface area contributed by atoms with Crippen molar-refractivity contribution in [3.63, 3.8) is 0 Å². The lowest BCUT2D eigenvalue weighted by Gasteiger charge is -2.37. The van der Waals surface area contributed by atoms with Gasteiger partial charge in [-0.15, -0.1) is 11.3 Å². The van der Waals surface area contributed by atoms with E-state index >= 15 is 0 Å². The molecule has 1 N–H and O–H groups in total. The maximum atomic E-state index is 9.19. The quantitative estimate of drug-likeness (QED) is 0.478. The number of rotatable bonds is 7. The van der Waals surface area contributed by atoms with Gasteiger partial charge in [-0.1, -0.05) is 72.3 Å². The second-order valence-corrected chi connectivity index (χ2v) is 8.64. The highest BCUT2D eigenvalue weighted by atomic mass is 32.1. The summed E-state index contributed by atoms with van der Waals surface area (Å²) in [5.41, 5.74) is 5.58. The van der Waals surface area contributed by atoms with E-state index in [9.17, 15) is 5.11 Å². The molecule has 2 nitrogen and oxygen atoms in total. The van der Waals surface area contributed by atoms with Crippen LogP contribution < -0.4 is 0 Å². The second kappa shape index (κ2) is 10.0. The lowest BCUT2D eigenvalue weighted by atomic mass is 9.85. The Morgan fingerprint density at radius 2 is 1.59 bits per heavy atom. The number of hydrogen-bond donors (Lipinski definition) is 1. The van der Waals surface area contributed by atoms with Crippen molar-refractivity contribution in [3.8, 4) is 0 Å². The molecule has 0 amide bonds. The number of nitrogens with zero attached hydrogens (tertiary/aromatic N) is 1. The molecule has 0 bridgehead atoms. The van der Waals surface area contributed by atoms with Crippen LogP contribution in [0.1, 0.15) is 47.7 Å². The van der Waals surface area contributed by atoms with Crippen LogP contribution >= 0.6 is 11.3 Å². The van der Waals surface area contributed by atoms with E-state index in [1.165, 1.54) is 21.6 Å². The molecule has 1 unspecified atom stereocenters. The summed E-state index contributed by atoms with van der Waals surface area (Å²) >= 11 is 1.86. The van der Waals surface area contributed by atoms with Gasteiger partial charge in [-0.3, -0.25) is 4.90 Å². The van der Waals surface area contributed by atoms with Crippen molar-refractivity contribution >= 4 is 16.9 Å². The number of thiophene rings is 1. The van der Waals surface area contributed by atoms with E-state index in [1.807, 2.05) is 11.3 Å². The summed E-state index contributed by atoms with van der Waals surface area (Å²) in [7, 11) is 0. The number of aliphatic hydroxyl groups excluding tert-OH is 1. The van der Waals surface area contributed by atoms with Crippen LogP contribution in [0.25, 0.3) is 5.57 Å². The third kappa shape index (κ3) is 4.87. The Morgan fingerprint density at radius 1 is 0.897 bits per heavy atom. The van der Waals surface area contributed by atoms with E-state index in [0.717, 1.165) is 38.8 Å². The van der Waals surface area contributed by atoms with E-state index in [-0.39, 0.29) is 6.61 Å². The van der Waals surface area contributed by atoms with Gasteiger partial charge in [-0.2, -0.15) is 0 Å². The summed E-state index contributed by atoms with van der Waals surface area (Å²) in [6.07, 6.45) is 4.11. The van der Waals surface area contributed by atoms with Gasteiger partial charge in [0.05, 0.1) is 0 Å². The van der Waals surface area contributed by atoms with Crippen LogP contribution in [-0.4, -0.2) is 29.7 Å². The van der Waals surface area contributed by atoms with Crippen LogP contribution in [0, 0.1) is 0 Å². The predicted octanol–water partition coefficient (Wildman–Crippen LogP) is 6.16. The fourth-order valence-corrected chi connectivity index (χ4v) is 5.23. The third-order valence-electron chi connectivity index (χ3n) is 5.78. The largest absolute Gasteiger partial charge is 0.396 e. The molecule has 3 aromatic rings. The molecule has 1 fully saturated rings. The van der Waals surface area contributed by atoms with Gasteiger partial charge >= 0.3 is 0 Å². The van der Waals surface area contributed by atoms with Crippen molar-refractivity contribution in [3.05, 3.63) is 99.8 Å². The van der Waals surface area contributed by atoms with Gasteiger partial charge in [-0.05, 0) is 60.4 Å². The summed E-state index contributed by atoms with van der Waals surface area (Å²) in [6, 6.07) is 26.6. The van der Waals surface area contributed by atoms with E-state index in [2.05, 4.69) is 83.1 Å². The summed E-state index contributed by atoms with van der Waals surface area (Å²) in [4.78, 5) is 4.07. The molecule has 1 aromatic heterocycles. The third-order valence-corrected chi connectivity index (χ3v) is 6.76. The summed E-state index contributed by atoms with van der Waals surface area (Å²) < 4.78 is 0. The fourth-order valence-electron chi connectivity index (χ4n) is 4.37. The second-order valence-electron chi connectivity index (χ2n) is 7.66. The molecule has 0 spiro atoms. The maximum absolute atomic E-state index is 9.19.